The van der Waals surface area contributed by atoms with Crippen LogP contribution in [-0.2, 0) is 6.67 Å². The molecule has 32 heavy (non-hydrogen) atoms. The fraction of sp³-hybridized carbons (Fsp3) is 0.440. The number of para-hydroxylation sites is 1. The van der Waals surface area contributed by atoms with Crippen LogP contribution in [0.25, 0.3) is 10.9 Å². The minimum Gasteiger partial charge on any atom is -0.493 e. The van der Waals surface area contributed by atoms with E-state index in [1.54, 1.807) is 24.5 Å². The first-order chi connectivity index (χ1) is 15.2. The second-order valence-corrected chi connectivity index (χ2v) is 10.5. The molecule has 2 aromatic heterocycles. The molecule has 166 valence electrons. The summed E-state index contributed by atoms with van der Waals surface area (Å²) < 4.78 is 1.90. The predicted octanol–water partition coefficient (Wildman–Crippen LogP) is 5.52. The van der Waals surface area contributed by atoms with Crippen LogP contribution in [0.15, 0.2) is 59.0 Å². The van der Waals surface area contributed by atoms with E-state index in [0.29, 0.717) is 34.8 Å². The highest BCUT2D eigenvalue weighted by atomic mass is 16.3. The number of pyridine rings is 1. The monoisotopic (exact) mass is 431 g/mol. The van der Waals surface area contributed by atoms with Crippen molar-refractivity contribution in [1.82, 2.24) is 14.5 Å². The molecule has 2 atom stereocenters. The van der Waals surface area contributed by atoms with E-state index in [9.17, 15) is 9.90 Å². The van der Waals surface area contributed by atoms with Gasteiger partial charge >= 0.3 is 0 Å². The first-order valence-electron chi connectivity index (χ1n) is 11.2. The molecule has 3 aromatic rings. The normalized spacial score (nSPS) is 25.0. The average molecular weight is 432 g/mol. The zero-order valence-electron chi connectivity index (χ0n) is 18.8. The largest absolute Gasteiger partial charge is 0.493 e. The van der Waals surface area contributed by atoms with Crippen LogP contribution in [0, 0.1) is 10.8 Å². The summed E-state index contributed by atoms with van der Waals surface area (Å²) in [7, 11) is 0. The number of likely N-dealkylation sites (tertiary alicyclic amines) is 1. The van der Waals surface area contributed by atoms with E-state index in [1.165, 1.54) is 12.8 Å². The molecule has 2 bridgehead atoms. The summed E-state index contributed by atoms with van der Waals surface area (Å²) in [6.45, 7) is 8.73. The molecule has 1 aliphatic heterocycles. The third-order valence-electron chi connectivity index (χ3n) is 6.93. The Morgan fingerprint density at radius 2 is 1.91 bits per heavy atom. The molecule has 1 amide bonds. The van der Waals surface area contributed by atoms with Crippen LogP contribution >= 0.6 is 0 Å². The minimum absolute atomic E-state index is 0.0448. The van der Waals surface area contributed by atoms with Gasteiger partial charge in [0.2, 0.25) is 5.88 Å². The Balaban J connectivity index is 1.47. The number of carbonyl (C=O) groups excluding carboxylic acids is 1. The van der Waals surface area contributed by atoms with Crippen molar-refractivity contribution in [3.8, 4) is 5.88 Å². The van der Waals surface area contributed by atoms with Gasteiger partial charge in [0.25, 0.3) is 5.91 Å². The van der Waals surface area contributed by atoms with E-state index in [1.807, 2.05) is 28.8 Å². The number of aromatic hydroxyl groups is 1. The summed E-state index contributed by atoms with van der Waals surface area (Å²) in [5, 5.41) is 20.0. The van der Waals surface area contributed by atoms with Crippen LogP contribution in [0.1, 0.15) is 50.4 Å². The minimum atomic E-state index is -0.466. The van der Waals surface area contributed by atoms with Crippen LogP contribution in [0.4, 0.5) is 5.69 Å². The van der Waals surface area contributed by atoms with Gasteiger partial charge in [-0.2, -0.15) is 0 Å². The number of hydrogen-bond donors (Lipinski definition) is 1. The first-order valence-corrected chi connectivity index (χ1v) is 11.2. The molecule has 1 saturated carbocycles. The summed E-state index contributed by atoms with van der Waals surface area (Å²) in [5.41, 5.74) is 2.27. The highest BCUT2D eigenvalue weighted by Crippen LogP contribution is 2.53. The van der Waals surface area contributed by atoms with Crippen LogP contribution < -0.4 is 0 Å². The van der Waals surface area contributed by atoms with Gasteiger partial charge in [0, 0.05) is 35.9 Å². The van der Waals surface area contributed by atoms with Gasteiger partial charge in [-0.05, 0) is 48.3 Å². The summed E-state index contributed by atoms with van der Waals surface area (Å²) in [6.07, 6.45) is 6.67. The molecule has 7 nitrogen and oxygen atoms in total. The molecule has 2 aliphatic rings. The van der Waals surface area contributed by atoms with Crippen LogP contribution in [-0.4, -0.2) is 38.1 Å². The zero-order valence-corrected chi connectivity index (χ0v) is 18.8. The zero-order chi connectivity index (χ0) is 22.5. The number of hydrogen-bond acceptors (Lipinski definition) is 5. The van der Waals surface area contributed by atoms with Crippen LogP contribution in [0.5, 0.6) is 5.88 Å². The number of benzene rings is 1. The van der Waals surface area contributed by atoms with Crippen LogP contribution in [0.3, 0.4) is 0 Å². The number of rotatable bonds is 4. The Labute approximate surface area is 187 Å². The molecular weight excluding hydrogens is 402 g/mol. The van der Waals surface area contributed by atoms with Crippen molar-refractivity contribution in [3.05, 3.63) is 54.4 Å². The lowest BCUT2D eigenvalue weighted by Gasteiger charge is -2.40. The van der Waals surface area contributed by atoms with Crippen molar-refractivity contribution in [3.63, 3.8) is 0 Å². The van der Waals surface area contributed by atoms with Gasteiger partial charge in [-0.25, -0.2) is 0 Å². The van der Waals surface area contributed by atoms with Crippen molar-refractivity contribution in [2.45, 2.75) is 52.7 Å². The Bertz CT molecular complexity index is 1200. The summed E-state index contributed by atoms with van der Waals surface area (Å²) in [6, 6.07) is 11.4. The number of carbonyl (C=O) groups is 1. The van der Waals surface area contributed by atoms with Gasteiger partial charge in [0.1, 0.15) is 0 Å². The SMILES string of the molecule is CC1(C)C[C@@H]2C[C@](C)(CN2Cn2c(O)c(N=NC(=O)c3ccncc3)c3ccccc32)C1. The van der Waals surface area contributed by atoms with Crippen molar-refractivity contribution in [1.29, 1.82) is 0 Å². The maximum absolute atomic E-state index is 12.4. The lowest BCUT2D eigenvalue weighted by Crippen LogP contribution is -2.35. The maximum Gasteiger partial charge on any atom is 0.295 e. The second kappa shape index (κ2) is 7.52. The third kappa shape index (κ3) is 3.71. The lowest BCUT2D eigenvalue weighted by molar-refractivity contribution is 0.0995. The van der Waals surface area contributed by atoms with Crippen molar-refractivity contribution >= 4 is 22.5 Å². The lowest BCUT2D eigenvalue weighted by atomic mass is 9.65. The Kier molecular flexibility index (Phi) is 4.89. The molecule has 7 heteroatoms. The van der Waals surface area contributed by atoms with E-state index in [4.69, 9.17) is 0 Å². The van der Waals surface area contributed by atoms with E-state index >= 15 is 0 Å². The van der Waals surface area contributed by atoms with Gasteiger partial charge in [0.15, 0.2) is 5.69 Å². The second-order valence-electron chi connectivity index (χ2n) is 10.5. The molecule has 2 fully saturated rings. The number of azo groups is 1. The Hall–Kier alpha value is -3.06. The number of fused-ring (bicyclic) bond motifs is 3. The van der Waals surface area contributed by atoms with Crippen molar-refractivity contribution < 1.29 is 9.90 Å². The molecule has 1 aromatic carbocycles. The first kappa shape index (κ1) is 20.8. The van der Waals surface area contributed by atoms with Gasteiger partial charge in [0.05, 0.1) is 12.2 Å². The summed E-state index contributed by atoms with van der Waals surface area (Å²) in [4.78, 5) is 18.8. The topological polar surface area (TPSA) is 83.1 Å². The van der Waals surface area contributed by atoms with Gasteiger partial charge < -0.3 is 5.11 Å². The number of aromatic nitrogens is 2. The fourth-order valence-corrected chi connectivity index (χ4v) is 6.08. The van der Waals surface area contributed by atoms with Gasteiger partial charge in [-0.1, -0.05) is 39.0 Å². The maximum atomic E-state index is 12.4. The summed E-state index contributed by atoms with van der Waals surface area (Å²) in [5.74, 6) is -0.421. The molecule has 3 heterocycles. The van der Waals surface area contributed by atoms with E-state index in [0.717, 1.165) is 23.9 Å². The van der Waals surface area contributed by atoms with Crippen molar-refractivity contribution in [2.75, 3.05) is 6.54 Å². The van der Waals surface area contributed by atoms with E-state index in [2.05, 4.69) is 40.9 Å². The number of amides is 1. The molecule has 1 aliphatic carbocycles. The molecule has 0 radical (unpaired) electrons. The third-order valence-corrected chi connectivity index (χ3v) is 6.93. The van der Waals surface area contributed by atoms with Gasteiger partial charge in [-0.15, -0.1) is 10.2 Å². The standard InChI is InChI=1S/C25H29N5O2/c1-24(2)12-18-13-25(3,14-24)15-29(18)16-30-20-7-5-4-6-19(20)21(23(30)32)27-28-22(31)17-8-10-26-11-9-17/h4-11,18,32H,12-16H2,1-3H3/t18-,25+/m1/s1. The molecule has 0 unspecified atom stereocenters. The average Bonchev–Trinajstić information content (AvgIpc) is 3.15. The highest BCUT2D eigenvalue weighted by Gasteiger charge is 2.49. The number of nitrogens with zero attached hydrogens (tertiary/aromatic N) is 5. The summed E-state index contributed by atoms with van der Waals surface area (Å²) >= 11 is 0. The van der Waals surface area contributed by atoms with Gasteiger partial charge in [-0.3, -0.25) is 19.2 Å². The molecule has 1 N–H and O–H groups in total. The molecule has 5 rings (SSSR count). The molecule has 1 saturated heterocycles. The molecular formula is C25H29N5O2. The van der Waals surface area contributed by atoms with E-state index < -0.39 is 5.91 Å². The van der Waals surface area contributed by atoms with Crippen molar-refractivity contribution in [2.24, 2.45) is 21.1 Å². The highest BCUT2D eigenvalue weighted by molar-refractivity contribution is 5.97. The van der Waals surface area contributed by atoms with E-state index in [-0.39, 0.29) is 5.88 Å². The molecule has 0 spiro atoms. The smallest absolute Gasteiger partial charge is 0.295 e. The Morgan fingerprint density at radius 3 is 2.69 bits per heavy atom. The predicted molar refractivity (Wildman–Crippen MR) is 123 cm³/mol. The fourth-order valence-electron chi connectivity index (χ4n) is 6.08. The quantitative estimate of drug-likeness (QED) is 0.551. The Morgan fingerprint density at radius 1 is 1.16 bits per heavy atom. The van der Waals surface area contributed by atoms with Crippen LogP contribution in [0.2, 0.25) is 0 Å².